The Bertz CT molecular complexity index is 960. The van der Waals surface area contributed by atoms with Crippen LogP contribution in [-0.4, -0.2) is 19.8 Å². The molecule has 0 saturated carbocycles. The van der Waals surface area contributed by atoms with E-state index in [-0.39, 0.29) is 10.1 Å². The molecule has 0 atom stereocenters. The Morgan fingerprint density at radius 1 is 1.12 bits per heavy atom. The maximum Gasteiger partial charge on any atom is 0.416 e. The van der Waals surface area contributed by atoms with E-state index in [4.69, 9.17) is 5.84 Å². The highest BCUT2D eigenvalue weighted by Crippen LogP contribution is 2.38. The van der Waals surface area contributed by atoms with Gasteiger partial charge in [0.2, 0.25) is 5.16 Å². The summed E-state index contributed by atoms with van der Waals surface area (Å²) in [6.07, 6.45) is -4.68. The van der Waals surface area contributed by atoms with Gasteiger partial charge in [-0.2, -0.15) is 13.2 Å². The van der Waals surface area contributed by atoms with Crippen LogP contribution in [0.25, 0.3) is 11.4 Å². The Kier molecular flexibility index (Phi) is 4.55. The quantitative estimate of drug-likeness (QED) is 0.420. The van der Waals surface area contributed by atoms with E-state index in [2.05, 4.69) is 10.2 Å². The highest BCUT2D eigenvalue weighted by molar-refractivity contribution is 7.99. The molecule has 0 aliphatic rings. The minimum Gasteiger partial charge on any atom is -0.335 e. The van der Waals surface area contributed by atoms with Crippen LogP contribution in [0.5, 0.6) is 0 Å². The van der Waals surface area contributed by atoms with Gasteiger partial charge < -0.3 is 5.84 Å². The molecular formula is C15H10F3N5O2S. The predicted octanol–water partition coefficient (Wildman–Crippen LogP) is 3.74. The average Bonchev–Trinajstić information content (AvgIpc) is 2.95. The zero-order valence-electron chi connectivity index (χ0n) is 12.8. The first-order valence-corrected chi connectivity index (χ1v) is 7.88. The summed E-state index contributed by atoms with van der Waals surface area (Å²) in [5.74, 6) is 6.25. The largest absolute Gasteiger partial charge is 0.416 e. The summed E-state index contributed by atoms with van der Waals surface area (Å²) in [6.45, 7) is 0. The van der Waals surface area contributed by atoms with Crippen molar-refractivity contribution < 1.29 is 18.1 Å². The third-order valence-electron chi connectivity index (χ3n) is 3.38. The Balaban J connectivity index is 1.97. The third kappa shape index (κ3) is 3.47. The van der Waals surface area contributed by atoms with Crippen LogP contribution in [0, 0.1) is 10.1 Å². The Morgan fingerprint density at radius 2 is 1.81 bits per heavy atom. The van der Waals surface area contributed by atoms with Crippen LogP contribution in [0.3, 0.4) is 0 Å². The smallest absolute Gasteiger partial charge is 0.335 e. The molecule has 0 aliphatic heterocycles. The van der Waals surface area contributed by atoms with Gasteiger partial charge in [-0.1, -0.05) is 30.3 Å². The van der Waals surface area contributed by atoms with Crippen molar-refractivity contribution in [3.8, 4) is 11.4 Å². The minimum atomic E-state index is -4.68. The average molecular weight is 381 g/mol. The van der Waals surface area contributed by atoms with Crippen molar-refractivity contribution >= 4 is 17.4 Å². The summed E-state index contributed by atoms with van der Waals surface area (Å²) in [5.41, 5.74) is -1.11. The fraction of sp³-hybridized carbons (Fsp3) is 0.0667. The van der Waals surface area contributed by atoms with Gasteiger partial charge in [-0.3, -0.25) is 10.1 Å². The summed E-state index contributed by atoms with van der Waals surface area (Å²) in [4.78, 5) is 10.2. The molecular weight excluding hydrogens is 371 g/mol. The van der Waals surface area contributed by atoms with Crippen LogP contribution in [0.2, 0.25) is 0 Å². The second-order valence-electron chi connectivity index (χ2n) is 5.08. The zero-order chi connectivity index (χ0) is 18.9. The number of hydrogen-bond acceptors (Lipinski definition) is 6. The Hall–Kier alpha value is -3.08. The van der Waals surface area contributed by atoms with Crippen molar-refractivity contribution in [3.05, 3.63) is 64.2 Å². The molecule has 0 radical (unpaired) electrons. The van der Waals surface area contributed by atoms with Gasteiger partial charge in [-0.25, -0.2) is 4.68 Å². The van der Waals surface area contributed by atoms with Crippen molar-refractivity contribution in [2.45, 2.75) is 16.2 Å². The van der Waals surface area contributed by atoms with Gasteiger partial charge in [-0.15, -0.1) is 10.2 Å². The van der Waals surface area contributed by atoms with Gasteiger partial charge in [0.25, 0.3) is 5.69 Å². The van der Waals surface area contributed by atoms with Gasteiger partial charge >= 0.3 is 6.18 Å². The molecule has 0 amide bonds. The molecule has 0 unspecified atom stereocenters. The molecule has 0 saturated heterocycles. The number of nitro benzene ring substituents is 1. The van der Waals surface area contributed by atoms with Crippen LogP contribution in [0.4, 0.5) is 18.9 Å². The van der Waals surface area contributed by atoms with E-state index in [1.54, 1.807) is 24.3 Å². The number of benzene rings is 2. The van der Waals surface area contributed by atoms with Gasteiger partial charge in [0.1, 0.15) is 0 Å². The molecule has 3 rings (SSSR count). The van der Waals surface area contributed by atoms with E-state index in [1.165, 1.54) is 0 Å². The molecule has 26 heavy (non-hydrogen) atoms. The number of hydrogen-bond donors (Lipinski definition) is 1. The van der Waals surface area contributed by atoms with Gasteiger partial charge in [0.15, 0.2) is 5.82 Å². The maximum atomic E-state index is 12.8. The standard InChI is InChI=1S/C15H10F3N5O2S/c16-15(17,18)10-6-7-12(11(8-10)23(24)25)26-14-21-20-13(22(14)19)9-4-2-1-3-5-9/h1-8H,19H2. The number of rotatable bonds is 4. The number of nitrogens with zero attached hydrogens (tertiary/aromatic N) is 4. The first-order valence-electron chi connectivity index (χ1n) is 7.07. The van der Waals surface area contributed by atoms with Crippen molar-refractivity contribution in [1.82, 2.24) is 14.9 Å². The van der Waals surface area contributed by atoms with Gasteiger partial charge in [0.05, 0.1) is 15.4 Å². The van der Waals surface area contributed by atoms with Gasteiger partial charge in [0, 0.05) is 11.6 Å². The molecule has 0 bridgehead atoms. The van der Waals surface area contributed by atoms with E-state index in [9.17, 15) is 23.3 Å². The molecule has 0 fully saturated rings. The molecule has 134 valence electrons. The Labute approximate surface area is 148 Å². The molecule has 1 heterocycles. The van der Waals surface area contributed by atoms with Crippen molar-refractivity contribution in [2.75, 3.05) is 5.84 Å². The summed E-state index contributed by atoms with van der Waals surface area (Å²) < 4.78 is 39.4. The summed E-state index contributed by atoms with van der Waals surface area (Å²) >= 11 is 0.759. The lowest BCUT2D eigenvalue weighted by molar-refractivity contribution is -0.388. The topological polar surface area (TPSA) is 99.9 Å². The zero-order valence-corrected chi connectivity index (χ0v) is 13.7. The fourth-order valence-electron chi connectivity index (χ4n) is 2.15. The summed E-state index contributed by atoms with van der Waals surface area (Å²) in [7, 11) is 0. The molecule has 0 spiro atoms. The number of halogens is 3. The second-order valence-corrected chi connectivity index (χ2v) is 6.09. The molecule has 1 aromatic heterocycles. The molecule has 7 nitrogen and oxygen atoms in total. The summed E-state index contributed by atoms with van der Waals surface area (Å²) in [5, 5.41) is 19.1. The predicted molar refractivity (Wildman–Crippen MR) is 87.8 cm³/mol. The van der Waals surface area contributed by atoms with E-state index in [1.807, 2.05) is 6.07 Å². The van der Waals surface area contributed by atoms with Gasteiger partial charge in [-0.05, 0) is 23.9 Å². The number of aromatic nitrogens is 3. The highest BCUT2D eigenvalue weighted by Gasteiger charge is 2.33. The van der Waals surface area contributed by atoms with E-state index in [0.29, 0.717) is 17.5 Å². The lowest BCUT2D eigenvalue weighted by atomic mass is 10.2. The molecule has 3 aromatic rings. The second kappa shape index (κ2) is 6.67. The minimum absolute atomic E-state index is 0.0262. The fourth-order valence-corrected chi connectivity index (χ4v) is 2.99. The van der Waals surface area contributed by atoms with E-state index in [0.717, 1.165) is 28.6 Å². The van der Waals surface area contributed by atoms with E-state index < -0.39 is 22.4 Å². The lowest BCUT2D eigenvalue weighted by Gasteiger charge is -2.08. The maximum absolute atomic E-state index is 12.8. The highest BCUT2D eigenvalue weighted by atomic mass is 32.2. The van der Waals surface area contributed by atoms with Crippen molar-refractivity contribution in [1.29, 1.82) is 0 Å². The van der Waals surface area contributed by atoms with Crippen LogP contribution < -0.4 is 5.84 Å². The van der Waals surface area contributed by atoms with Crippen LogP contribution in [-0.2, 0) is 6.18 Å². The van der Waals surface area contributed by atoms with Crippen LogP contribution >= 0.6 is 11.8 Å². The van der Waals surface area contributed by atoms with Crippen LogP contribution in [0.1, 0.15) is 5.56 Å². The monoisotopic (exact) mass is 381 g/mol. The van der Waals surface area contributed by atoms with Crippen molar-refractivity contribution in [2.24, 2.45) is 0 Å². The Morgan fingerprint density at radius 3 is 2.42 bits per heavy atom. The molecule has 2 N–H and O–H groups in total. The molecule has 0 aliphatic carbocycles. The van der Waals surface area contributed by atoms with E-state index >= 15 is 0 Å². The first kappa shape index (κ1) is 17.7. The SMILES string of the molecule is Nn1c(Sc2ccc(C(F)(F)F)cc2[N+](=O)[O-])nnc1-c1ccccc1. The number of alkyl halides is 3. The number of nitro groups is 1. The normalized spacial score (nSPS) is 11.5. The van der Waals surface area contributed by atoms with Crippen LogP contribution in [0.15, 0.2) is 58.6 Å². The first-order chi connectivity index (χ1) is 12.3. The lowest BCUT2D eigenvalue weighted by Crippen LogP contribution is -2.11. The number of nitrogens with two attached hydrogens (primary N) is 1. The summed E-state index contributed by atoms with van der Waals surface area (Å²) in [6, 6.07) is 11.1. The number of nitrogen functional groups attached to an aromatic ring is 1. The molecule has 11 heteroatoms. The third-order valence-corrected chi connectivity index (χ3v) is 4.41. The molecule has 2 aromatic carbocycles. The van der Waals surface area contributed by atoms with Crippen molar-refractivity contribution in [3.63, 3.8) is 0 Å².